The van der Waals surface area contributed by atoms with Crippen molar-refractivity contribution >= 4 is 5.91 Å². The van der Waals surface area contributed by atoms with Gasteiger partial charge in [0, 0.05) is 5.56 Å². The monoisotopic (exact) mass is 291 g/mol. The second kappa shape index (κ2) is 7.14. The summed E-state index contributed by atoms with van der Waals surface area (Å²) in [6.07, 6.45) is -6.53. The SMILES string of the molecule is CCCOc1cccc(C(=O)NCC(O)C(F)(F)F)c1. The molecule has 20 heavy (non-hydrogen) atoms. The van der Waals surface area contributed by atoms with Gasteiger partial charge in [0.05, 0.1) is 13.2 Å². The molecule has 1 amide bonds. The van der Waals surface area contributed by atoms with Crippen LogP contribution in [0.2, 0.25) is 0 Å². The molecule has 0 aliphatic rings. The minimum Gasteiger partial charge on any atom is -0.494 e. The first kappa shape index (κ1) is 16.3. The van der Waals surface area contributed by atoms with Crippen molar-refractivity contribution in [1.82, 2.24) is 5.32 Å². The fraction of sp³-hybridized carbons (Fsp3) is 0.462. The second-order valence-electron chi connectivity index (χ2n) is 4.14. The van der Waals surface area contributed by atoms with E-state index in [4.69, 9.17) is 9.84 Å². The van der Waals surface area contributed by atoms with Crippen molar-refractivity contribution in [2.45, 2.75) is 25.6 Å². The quantitative estimate of drug-likeness (QED) is 0.844. The third kappa shape index (κ3) is 5.08. The molecule has 1 atom stereocenters. The summed E-state index contributed by atoms with van der Waals surface area (Å²) in [6, 6.07) is 6.11. The average molecular weight is 291 g/mol. The Kier molecular flexibility index (Phi) is 5.82. The summed E-state index contributed by atoms with van der Waals surface area (Å²) in [5.74, 6) is -0.230. The van der Waals surface area contributed by atoms with E-state index in [1.807, 2.05) is 12.2 Å². The topological polar surface area (TPSA) is 58.6 Å². The number of halogens is 3. The Morgan fingerprint density at radius 3 is 2.75 bits per heavy atom. The van der Waals surface area contributed by atoms with Crippen LogP contribution in [0.1, 0.15) is 23.7 Å². The molecule has 7 heteroatoms. The van der Waals surface area contributed by atoms with Crippen molar-refractivity contribution in [2.24, 2.45) is 0 Å². The first-order chi connectivity index (χ1) is 9.34. The van der Waals surface area contributed by atoms with Gasteiger partial charge >= 0.3 is 6.18 Å². The van der Waals surface area contributed by atoms with Crippen molar-refractivity contribution in [3.05, 3.63) is 29.8 Å². The van der Waals surface area contributed by atoms with Gasteiger partial charge in [-0.15, -0.1) is 0 Å². The third-order valence-corrected chi connectivity index (χ3v) is 2.40. The Hall–Kier alpha value is -1.76. The van der Waals surface area contributed by atoms with E-state index in [1.165, 1.54) is 12.1 Å². The van der Waals surface area contributed by atoms with E-state index in [0.717, 1.165) is 6.42 Å². The van der Waals surface area contributed by atoms with Crippen LogP contribution in [-0.4, -0.2) is 36.4 Å². The summed E-state index contributed by atoms with van der Waals surface area (Å²) in [7, 11) is 0. The maximum Gasteiger partial charge on any atom is 0.416 e. The smallest absolute Gasteiger partial charge is 0.416 e. The largest absolute Gasteiger partial charge is 0.494 e. The van der Waals surface area contributed by atoms with Gasteiger partial charge in [-0.25, -0.2) is 0 Å². The van der Waals surface area contributed by atoms with Gasteiger partial charge in [-0.3, -0.25) is 4.79 Å². The first-order valence-corrected chi connectivity index (χ1v) is 6.10. The third-order valence-electron chi connectivity index (χ3n) is 2.40. The van der Waals surface area contributed by atoms with Crippen LogP contribution in [0.4, 0.5) is 13.2 Å². The number of benzene rings is 1. The predicted octanol–water partition coefficient (Wildman–Crippen LogP) is 2.13. The number of ether oxygens (including phenoxy) is 1. The van der Waals surface area contributed by atoms with Crippen LogP contribution in [0.25, 0.3) is 0 Å². The lowest BCUT2D eigenvalue weighted by Crippen LogP contribution is -2.40. The lowest BCUT2D eigenvalue weighted by Gasteiger charge is -2.15. The van der Waals surface area contributed by atoms with Crippen molar-refractivity contribution in [3.63, 3.8) is 0 Å². The van der Waals surface area contributed by atoms with Crippen LogP contribution in [0.15, 0.2) is 24.3 Å². The van der Waals surface area contributed by atoms with Gasteiger partial charge in [-0.05, 0) is 24.6 Å². The van der Waals surface area contributed by atoms with E-state index in [1.54, 1.807) is 12.1 Å². The maximum absolute atomic E-state index is 12.1. The summed E-state index contributed by atoms with van der Waals surface area (Å²) in [5.41, 5.74) is 0.174. The minimum absolute atomic E-state index is 0.174. The van der Waals surface area contributed by atoms with Crippen molar-refractivity contribution in [1.29, 1.82) is 0 Å². The fourth-order valence-corrected chi connectivity index (χ4v) is 1.35. The molecule has 0 aliphatic heterocycles. The minimum atomic E-state index is -4.75. The van der Waals surface area contributed by atoms with Crippen LogP contribution in [0.5, 0.6) is 5.75 Å². The molecule has 0 bridgehead atoms. The summed E-state index contributed by atoms with van der Waals surface area (Å²) in [5, 5.41) is 10.8. The van der Waals surface area contributed by atoms with Gasteiger partial charge in [-0.2, -0.15) is 13.2 Å². The molecule has 0 radical (unpaired) electrons. The standard InChI is InChI=1S/C13H16F3NO3/c1-2-6-20-10-5-3-4-9(7-10)12(19)17-8-11(18)13(14,15)16/h3-5,7,11,18H,2,6,8H2,1H3,(H,17,19). The number of rotatable bonds is 6. The summed E-state index contributed by atoms with van der Waals surface area (Å²) >= 11 is 0. The molecule has 1 aromatic rings. The molecule has 4 nitrogen and oxygen atoms in total. The number of carbonyl (C=O) groups excluding carboxylic acids is 1. The van der Waals surface area contributed by atoms with Gasteiger partial charge in [-0.1, -0.05) is 13.0 Å². The van der Waals surface area contributed by atoms with Crippen LogP contribution in [-0.2, 0) is 0 Å². The Morgan fingerprint density at radius 1 is 1.45 bits per heavy atom. The number of aliphatic hydroxyl groups excluding tert-OH is 1. The summed E-state index contributed by atoms with van der Waals surface area (Å²) in [6.45, 7) is 1.52. The van der Waals surface area contributed by atoms with Gasteiger partial charge < -0.3 is 15.2 Å². The normalized spacial score (nSPS) is 12.8. The zero-order chi connectivity index (χ0) is 15.2. The van der Waals surface area contributed by atoms with E-state index in [0.29, 0.717) is 12.4 Å². The molecule has 0 saturated heterocycles. The lowest BCUT2D eigenvalue weighted by molar-refractivity contribution is -0.201. The molecule has 0 saturated carbocycles. The van der Waals surface area contributed by atoms with E-state index in [9.17, 15) is 18.0 Å². The van der Waals surface area contributed by atoms with E-state index in [2.05, 4.69) is 0 Å². The Morgan fingerprint density at radius 2 is 2.15 bits per heavy atom. The molecule has 112 valence electrons. The zero-order valence-corrected chi connectivity index (χ0v) is 10.9. The highest BCUT2D eigenvalue weighted by molar-refractivity contribution is 5.94. The number of carbonyl (C=O) groups is 1. The number of nitrogens with one attached hydrogen (secondary N) is 1. The van der Waals surface area contributed by atoms with Crippen LogP contribution in [0.3, 0.4) is 0 Å². The van der Waals surface area contributed by atoms with Crippen molar-refractivity contribution < 1.29 is 27.8 Å². The number of aliphatic hydroxyl groups is 1. The van der Waals surface area contributed by atoms with E-state index < -0.39 is 24.7 Å². The second-order valence-corrected chi connectivity index (χ2v) is 4.14. The predicted molar refractivity (Wildman–Crippen MR) is 66.6 cm³/mol. The van der Waals surface area contributed by atoms with Gasteiger partial charge in [0.15, 0.2) is 6.10 Å². The summed E-state index contributed by atoms with van der Waals surface area (Å²) < 4.78 is 41.6. The van der Waals surface area contributed by atoms with Gasteiger partial charge in [0.25, 0.3) is 5.91 Å². The van der Waals surface area contributed by atoms with Crippen molar-refractivity contribution in [2.75, 3.05) is 13.2 Å². The molecule has 1 aromatic carbocycles. The maximum atomic E-state index is 12.1. The molecular weight excluding hydrogens is 275 g/mol. The Labute approximate surface area is 114 Å². The lowest BCUT2D eigenvalue weighted by atomic mass is 10.2. The molecule has 1 unspecified atom stereocenters. The number of hydrogen-bond donors (Lipinski definition) is 2. The van der Waals surface area contributed by atoms with Crippen LogP contribution >= 0.6 is 0 Å². The van der Waals surface area contributed by atoms with Crippen LogP contribution < -0.4 is 10.1 Å². The Bertz CT molecular complexity index is 449. The highest BCUT2D eigenvalue weighted by atomic mass is 19.4. The highest BCUT2D eigenvalue weighted by Crippen LogP contribution is 2.19. The fourth-order valence-electron chi connectivity index (χ4n) is 1.35. The molecule has 1 rings (SSSR count). The average Bonchev–Trinajstić information content (AvgIpc) is 2.41. The van der Waals surface area contributed by atoms with E-state index in [-0.39, 0.29) is 5.56 Å². The molecule has 0 fully saturated rings. The highest BCUT2D eigenvalue weighted by Gasteiger charge is 2.38. The Balaban J connectivity index is 2.59. The molecule has 2 N–H and O–H groups in total. The number of amides is 1. The number of alkyl halides is 3. The van der Waals surface area contributed by atoms with Gasteiger partial charge in [0.1, 0.15) is 5.75 Å². The van der Waals surface area contributed by atoms with Gasteiger partial charge in [0.2, 0.25) is 0 Å². The summed E-state index contributed by atoms with van der Waals surface area (Å²) in [4.78, 5) is 11.7. The number of hydrogen-bond acceptors (Lipinski definition) is 3. The molecule has 0 heterocycles. The van der Waals surface area contributed by atoms with E-state index >= 15 is 0 Å². The molecule has 0 aromatic heterocycles. The van der Waals surface area contributed by atoms with Crippen molar-refractivity contribution in [3.8, 4) is 5.75 Å². The molecule has 0 spiro atoms. The first-order valence-electron chi connectivity index (χ1n) is 6.10. The zero-order valence-electron chi connectivity index (χ0n) is 10.9. The van der Waals surface area contributed by atoms with Crippen LogP contribution in [0, 0.1) is 0 Å². The molecular formula is C13H16F3NO3. The molecule has 0 aliphatic carbocycles.